The third kappa shape index (κ3) is 3.40. The molecule has 0 unspecified atom stereocenters. The maximum atomic E-state index is 12.3. The lowest BCUT2D eigenvalue weighted by atomic mass is 9.73. The number of nitrogens with zero attached hydrogens (tertiary/aromatic N) is 3. The van der Waals surface area contributed by atoms with E-state index in [2.05, 4.69) is 21.3 Å². The SMILES string of the molecule is C[C@@]1(NC(=O)C2CC2)CCOC2(CCN(c3ccc(C#N)cn3)CC2)[C@H]1O. The fourth-order valence-corrected chi connectivity index (χ4v) is 4.29. The Bertz CT molecular complexity index is 747. The summed E-state index contributed by atoms with van der Waals surface area (Å²) in [5, 5.41) is 23.2. The van der Waals surface area contributed by atoms with Crippen LogP contribution in [0.5, 0.6) is 0 Å². The molecule has 3 heterocycles. The number of hydrogen-bond acceptors (Lipinski definition) is 6. The first-order valence-electron chi connectivity index (χ1n) is 9.71. The maximum Gasteiger partial charge on any atom is 0.223 e. The lowest BCUT2D eigenvalue weighted by Gasteiger charge is -2.53. The molecule has 144 valence electrons. The van der Waals surface area contributed by atoms with Gasteiger partial charge in [-0.2, -0.15) is 5.26 Å². The topological polar surface area (TPSA) is 98.5 Å². The van der Waals surface area contributed by atoms with Gasteiger partial charge in [-0.1, -0.05) is 0 Å². The van der Waals surface area contributed by atoms with Crippen LogP contribution in [0.15, 0.2) is 18.3 Å². The number of rotatable bonds is 3. The molecular formula is C20H26N4O3. The molecule has 1 amide bonds. The highest BCUT2D eigenvalue weighted by atomic mass is 16.5. The summed E-state index contributed by atoms with van der Waals surface area (Å²) in [4.78, 5) is 18.8. The molecule has 1 saturated carbocycles. The van der Waals surface area contributed by atoms with Crippen LogP contribution in [0.2, 0.25) is 0 Å². The van der Waals surface area contributed by atoms with E-state index in [1.54, 1.807) is 12.3 Å². The molecular weight excluding hydrogens is 344 g/mol. The smallest absolute Gasteiger partial charge is 0.223 e. The molecule has 2 aliphatic heterocycles. The van der Waals surface area contributed by atoms with Crippen molar-refractivity contribution < 1.29 is 14.6 Å². The average Bonchev–Trinajstić information content (AvgIpc) is 3.52. The van der Waals surface area contributed by atoms with E-state index in [1.807, 2.05) is 13.0 Å². The van der Waals surface area contributed by atoms with Crippen LogP contribution >= 0.6 is 0 Å². The van der Waals surface area contributed by atoms with E-state index in [1.165, 1.54) is 0 Å². The summed E-state index contributed by atoms with van der Waals surface area (Å²) in [6, 6.07) is 5.70. The number of aliphatic hydroxyl groups excluding tert-OH is 1. The normalized spacial score (nSPS) is 30.0. The molecule has 27 heavy (non-hydrogen) atoms. The summed E-state index contributed by atoms with van der Waals surface area (Å²) in [7, 11) is 0. The molecule has 7 heteroatoms. The quantitative estimate of drug-likeness (QED) is 0.834. The van der Waals surface area contributed by atoms with Gasteiger partial charge in [-0.25, -0.2) is 4.98 Å². The van der Waals surface area contributed by atoms with E-state index in [4.69, 9.17) is 10.00 Å². The Morgan fingerprint density at radius 1 is 1.37 bits per heavy atom. The minimum absolute atomic E-state index is 0.0628. The van der Waals surface area contributed by atoms with Crippen LogP contribution in [0.25, 0.3) is 0 Å². The Hall–Kier alpha value is -2.17. The molecule has 1 aromatic rings. The second kappa shape index (κ2) is 6.77. The van der Waals surface area contributed by atoms with Crippen LogP contribution in [-0.4, -0.2) is 52.9 Å². The third-order valence-corrected chi connectivity index (χ3v) is 6.28. The first kappa shape index (κ1) is 18.2. The number of nitrogens with one attached hydrogen (secondary N) is 1. The van der Waals surface area contributed by atoms with Crippen molar-refractivity contribution in [3.63, 3.8) is 0 Å². The van der Waals surface area contributed by atoms with Gasteiger partial charge in [0.1, 0.15) is 18.0 Å². The van der Waals surface area contributed by atoms with E-state index >= 15 is 0 Å². The van der Waals surface area contributed by atoms with Crippen LogP contribution in [0, 0.1) is 17.2 Å². The number of nitriles is 1. The van der Waals surface area contributed by atoms with E-state index in [0.717, 1.165) is 18.7 Å². The molecule has 3 aliphatic rings. The van der Waals surface area contributed by atoms with E-state index in [-0.39, 0.29) is 11.8 Å². The number of amides is 1. The molecule has 1 aromatic heterocycles. The zero-order valence-electron chi connectivity index (χ0n) is 15.6. The van der Waals surface area contributed by atoms with Gasteiger partial charge < -0.3 is 20.1 Å². The van der Waals surface area contributed by atoms with E-state index in [9.17, 15) is 9.90 Å². The first-order valence-corrected chi connectivity index (χ1v) is 9.71. The van der Waals surface area contributed by atoms with Gasteiger partial charge in [0, 0.05) is 31.8 Å². The molecule has 0 bridgehead atoms. The fraction of sp³-hybridized carbons (Fsp3) is 0.650. The third-order valence-electron chi connectivity index (χ3n) is 6.28. The number of pyridine rings is 1. The van der Waals surface area contributed by atoms with Gasteiger partial charge >= 0.3 is 0 Å². The molecule has 7 nitrogen and oxygen atoms in total. The zero-order valence-corrected chi connectivity index (χ0v) is 15.6. The van der Waals surface area contributed by atoms with Gasteiger partial charge in [-0.15, -0.1) is 0 Å². The van der Waals surface area contributed by atoms with Gasteiger partial charge in [0.05, 0.1) is 16.7 Å². The van der Waals surface area contributed by atoms with Crippen LogP contribution < -0.4 is 10.2 Å². The van der Waals surface area contributed by atoms with Crippen molar-refractivity contribution in [2.75, 3.05) is 24.6 Å². The minimum atomic E-state index is -0.738. The highest BCUT2D eigenvalue weighted by Gasteiger charge is 2.54. The Balaban J connectivity index is 1.44. The van der Waals surface area contributed by atoms with Gasteiger partial charge in [0.25, 0.3) is 0 Å². The lowest BCUT2D eigenvalue weighted by Crippen LogP contribution is -2.69. The van der Waals surface area contributed by atoms with Gasteiger partial charge in [0.2, 0.25) is 5.91 Å². The Morgan fingerprint density at radius 3 is 2.70 bits per heavy atom. The van der Waals surface area contributed by atoms with Gasteiger partial charge in [-0.3, -0.25) is 4.79 Å². The Morgan fingerprint density at radius 2 is 2.11 bits per heavy atom. The van der Waals surface area contributed by atoms with Crippen molar-refractivity contribution in [2.45, 2.75) is 56.3 Å². The van der Waals surface area contributed by atoms with E-state index in [0.29, 0.717) is 44.5 Å². The molecule has 1 aliphatic carbocycles. The molecule has 1 spiro atoms. The number of hydrogen-bond donors (Lipinski definition) is 2. The highest BCUT2D eigenvalue weighted by molar-refractivity contribution is 5.81. The lowest BCUT2D eigenvalue weighted by molar-refractivity contribution is -0.198. The van der Waals surface area contributed by atoms with Crippen LogP contribution in [0.1, 0.15) is 44.6 Å². The van der Waals surface area contributed by atoms with Crippen molar-refractivity contribution in [1.82, 2.24) is 10.3 Å². The summed E-state index contributed by atoms with van der Waals surface area (Å²) in [6.45, 7) is 3.90. The molecule has 0 aromatic carbocycles. The predicted octanol–water partition coefficient (Wildman–Crippen LogP) is 1.36. The second-order valence-electron chi connectivity index (χ2n) is 8.25. The number of carbonyl (C=O) groups is 1. The monoisotopic (exact) mass is 370 g/mol. The summed E-state index contributed by atoms with van der Waals surface area (Å²) in [5.74, 6) is 1.02. The number of anilines is 1. The van der Waals surface area contributed by atoms with Gasteiger partial charge in [-0.05, 0) is 51.2 Å². The van der Waals surface area contributed by atoms with E-state index < -0.39 is 17.2 Å². The minimum Gasteiger partial charge on any atom is -0.388 e. The molecule has 3 fully saturated rings. The van der Waals surface area contributed by atoms with Gasteiger partial charge in [0.15, 0.2) is 0 Å². The Labute approximate surface area is 159 Å². The zero-order chi connectivity index (χ0) is 19.1. The second-order valence-corrected chi connectivity index (χ2v) is 8.25. The molecule has 2 atom stereocenters. The molecule has 0 radical (unpaired) electrons. The average molecular weight is 370 g/mol. The van der Waals surface area contributed by atoms with Crippen LogP contribution in [-0.2, 0) is 9.53 Å². The number of aromatic nitrogens is 1. The number of aliphatic hydroxyl groups is 1. The molecule has 4 rings (SSSR count). The van der Waals surface area contributed by atoms with Crippen LogP contribution in [0.4, 0.5) is 5.82 Å². The van der Waals surface area contributed by atoms with Crippen molar-refractivity contribution in [3.8, 4) is 6.07 Å². The fourth-order valence-electron chi connectivity index (χ4n) is 4.29. The number of ether oxygens (including phenoxy) is 1. The summed E-state index contributed by atoms with van der Waals surface area (Å²) in [5.41, 5.74) is -0.736. The van der Waals surface area contributed by atoms with Crippen molar-refractivity contribution in [3.05, 3.63) is 23.9 Å². The summed E-state index contributed by atoms with van der Waals surface area (Å²) in [6.07, 6.45) is 4.71. The maximum absolute atomic E-state index is 12.3. The Kier molecular flexibility index (Phi) is 4.57. The number of carbonyl (C=O) groups excluding carboxylic acids is 1. The van der Waals surface area contributed by atoms with Crippen molar-refractivity contribution in [1.29, 1.82) is 5.26 Å². The summed E-state index contributed by atoms with van der Waals surface area (Å²) >= 11 is 0. The first-order chi connectivity index (χ1) is 13.0. The molecule has 2 saturated heterocycles. The summed E-state index contributed by atoms with van der Waals surface area (Å²) < 4.78 is 6.10. The van der Waals surface area contributed by atoms with Crippen molar-refractivity contribution >= 4 is 11.7 Å². The number of piperidine rings is 1. The standard InChI is InChI=1S/C20H26N4O3/c1-19(23-17(25)15-3-4-15)8-11-27-20(18(19)26)6-9-24(10-7-20)16-5-2-14(12-21)13-22-16/h2,5,13,15,18,26H,3-4,6-11H2,1H3,(H,23,25)/t18-,19+/m0/s1. The highest BCUT2D eigenvalue weighted by Crippen LogP contribution is 2.41. The molecule has 2 N–H and O–H groups in total. The van der Waals surface area contributed by atoms with Crippen molar-refractivity contribution in [2.24, 2.45) is 5.92 Å². The predicted molar refractivity (Wildman–Crippen MR) is 99.0 cm³/mol. The van der Waals surface area contributed by atoms with Crippen LogP contribution in [0.3, 0.4) is 0 Å². The largest absolute Gasteiger partial charge is 0.388 e.